The van der Waals surface area contributed by atoms with Gasteiger partial charge in [0.05, 0.1) is 0 Å². The van der Waals surface area contributed by atoms with Gasteiger partial charge in [0.1, 0.15) is 0 Å². The number of amides is 1. The van der Waals surface area contributed by atoms with Crippen molar-refractivity contribution in [1.29, 1.82) is 0 Å². The molecule has 3 atom stereocenters. The first-order chi connectivity index (χ1) is 10.5. The van der Waals surface area contributed by atoms with E-state index in [1.54, 1.807) is 0 Å². The second-order valence-corrected chi connectivity index (χ2v) is 6.45. The van der Waals surface area contributed by atoms with Crippen molar-refractivity contribution in [3.8, 4) is 0 Å². The van der Waals surface area contributed by atoms with Gasteiger partial charge in [0, 0.05) is 38.6 Å². The molecule has 1 aliphatic rings. The molecule has 0 unspecified atom stereocenters. The van der Waals surface area contributed by atoms with Crippen LogP contribution in [-0.4, -0.2) is 48.4 Å². The summed E-state index contributed by atoms with van der Waals surface area (Å²) in [7, 11) is 1.93. The maximum Gasteiger partial charge on any atom is 0.224 e. The van der Waals surface area contributed by atoms with Crippen LogP contribution in [0.25, 0.3) is 0 Å². The number of carbonyl (C=O) groups excluding carboxylic acids is 1. The van der Waals surface area contributed by atoms with Gasteiger partial charge in [0.25, 0.3) is 0 Å². The van der Waals surface area contributed by atoms with Gasteiger partial charge in [0.15, 0.2) is 0 Å². The Bertz CT molecular complexity index is 476. The zero-order chi connectivity index (χ0) is 16.1. The average Bonchev–Trinajstić information content (AvgIpc) is 2.54. The van der Waals surface area contributed by atoms with Crippen molar-refractivity contribution >= 4 is 5.91 Å². The topological polar surface area (TPSA) is 49.6 Å². The van der Waals surface area contributed by atoms with Crippen LogP contribution >= 0.6 is 0 Å². The van der Waals surface area contributed by atoms with E-state index in [4.69, 9.17) is 5.73 Å². The lowest BCUT2D eigenvalue weighted by Gasteiger charge is -2.41. The Morgan fingerprint density at radius 3 is 2.68 bits per heavy atom. The van der Waals surface area contributed by atoms with Gasteiger partial charge in [-0.15, -0.1) is 0 Å². The summed E-state index contributed by atoms with van der Waals surface area (Å²) in [6.07, 6.45) is 1.43. The third kappa shape index (κ3) is 4.08. The number of carbonyl (C=O) groups is 1. The number of benzene rings is 1. The Morgan fingerprint density at radius 2 is 2.09 bits per heavy atom. The fourth-order valence-electron chi connectivity index (χ4n) is 3.42. The molecule has 0 aliphatic carbocycles. The number of piperidine rings is 1. The average molecular weight is 303 g/mol. The molecule has 2 N–H and O–H groups in total. The highest BCUT2D eigenvalue weighted by Crippen LogP contribution is 2.23. The lowest BCUT2D eigenvalue weighted by Crippen LogP contribution is -2.50. The number of nitrogens with zero attached hydrogens (tertiary/aromatic N) is 2. The Balaban J connectivity index is 1.92. The van der Waals surface area contributed by atoms with Gasteiger partial charge in [-0.05, 0) is 24.4 Å². The van der Waals surface area contributed by atoms with Gasteiger partial charge in [-0.25, -0.2) is 0 Å². The summed E-state index contributed by atoms with van der Waals surface area (Å²) in [5.74, 6) is 0.661. The second kappa shape index (κ2) is 7.75. The van der Waals surface area contributed by atoms with Crippen molar-refractivity contribution in [2.24, 2.45) is 11.7 Å². The number of likely N-dealkylation sites (tertiary alicyclic amines) is 1. The second-order valence-electron chi connectivity index (χ2n) is 6.45. The first kappa shape index (κ1) is 17.0. The van der Waals surface area contributed by atoms with Crippen LogP contribution in [0.1, 0.15) is 38.3 Å². The maximum absolute atomic E-state index is 12.6. The van der Waals surface area contributed by atoms with Gasteiger partial charge in [0.2, 0.25) is 5.91 Å². The molecular formula is C18H29N3O. The monoisotopic (exact) mass is 303 g/mol. The quantitative estimate of drug-likeness (QED) is 0.908. The molecule has 4 heteroatoms. The minimum absolute atomic E-state index is 0.151. The highest BCUT2D eigenvalue weighted by Gasteiger charge is 2.31. The third-order valence-electron chi connectivity index (χ3n) is 4.90. The van der Waals surface area contributed by atoms with Crippen molar-refractivity contribution in [3.05, 3.63) is 35.9 Å². The van der Waals surface area contributed by atoms with Crippen LogP contribution in [0.3, 0.4) is 0 Å². The standard InChI is InChI=1S/C18H29N3O/c1-4-21-11-10-17(14(2)13-21)20(3)18(22)12-16(19)15-8-6-5-7-9-15/h5-9,14,16-17H,4,10-13,19H2,1-3H3/t14-,16-,17-/m0/s1. The van der Waals surface area contributed by atoms with Gasteiger partial charge in [-0.2, -0.15) is 0 Å². The number of hydrogen-bond donors (Lipinski definition) is 1. The molecule has 4 nitrogen and oxygen atoms in total. The van der Waals surface area contributed by atoms with Crippen molar-refractivity contribution < 1.29 is 4.79 Å². The van der Waals surface area contributed by atoms with E-state index in [2.05, 4.69) is 18.7 Å². The zero-order valence-electron chi connectivity index (χ0n) is 14.0. The molecule has 0 bridgehead atoms. The molecule has 0 spiro atoms. The summed E-state index contributed by atoms with van der Waals surface area (Å²) in [4.78, 5) is 16.9. The van der Waals surface area contributed by atoms with Gasteiger partial charge in [-0.3, -0.25) is 4.79 Å². The van der Waals surface area contributed by atoms with Crippen LogP contribution < -0.4 is 5.73 Å². The van der Waals surface area contributed by atoms with E-state index in [1.807, 2.05) is 42.3 Å². The van der Waals surface area contributed by atoms with E-state index >= 15 is 0 Å². The van der Waals surface area contributed by atoms with Gasteiger partial charge < -0.3 is 15.5 Å². The SMILES string of the molecule is CCN1CC[C@H](N(C)C(=O)C[C@H](N)c2ccccc2)[C@@H](C)C1. The fraction of sp³-hybridized carbons (Fsp3) is 0.611. The number of rotatable bonds is 5. The normalized spacial score (nSPS) is 24.0. The van der Waals surface area contributed by atoms with Crippen LogP contribution in [0.2, 0.25) is 0 Å². The largest absolute Gasteiger partial charge is 0.342 e. The van der Waals surface area contributed by atoms with Crippen LogP contribution in [0, 0.1) is 5.92 Å². The number of nitrogens with two attached hydrogens (primary N) is 1. The Hall–Kier alpha value is -1.39. The Kier molecular flexibility index (Phi) is 5.98. The minimum atomic E-state index is -0.220. The molecule has 1 aromatic rings. The zero-order valence-corrected chi connectivity index (χ0v) is 14.0. The number of hydrogen-bond acceptors (Lipinski definition) is 3. The van der Waals surface area contributed by atoms with E-state index in [0.717, 1.165) is 31.6 Å². The van der Waals surface area contributed by atoms with Crippen molar-refractivity contribution in [2.75, 3.05) is 26.7 Å². The minimum Gasteiger partial charge on any atom is -0.342 e. The summed E-state index contributed by atoms with van der Waals surface area (Å²) in [6.45, 7) is 7.68. The van der Waals surface area contributed by atoms with Gasteiger partial charge >= 0.3 is 0 Å². The summed E-state index contributed by atoms with van der Waals surface area (Å²) in [6, 6.07) is 9.98. The lowest BCUT2D eigenvalue weighted by atomic mass is 9.92. The molecule has 1 aliphatic heterocycles. The van der Waals surface area contributed by atoms with Crippen LogP contribution in [-0.2, 0) is 4.79 Å². The molecule has 1 aromatic carbocycles. The summed E-state index contributed by atoms with van der Waals surface area (Å²) in [5.41, 5.74) is 7.21. The highest BCUT2D eigenvalue weighted by molar-refractivity contribution is 5.77. The molecule has 0 saturated carbocycles. The molecule has 1 heterocycles. The maximum atomic E-state index is 12.6. The molecule has 0 aromatic heterocycles. The van der Waals surface area contributed by atoms with E-state index in [9.17, 15) is 4.79 Å². The molecule has 122 valence electrons. The Morgan fingerprint density at radius 1 is 1.41 bits per heavy atom. The summed E-state index contributed by atoms with van der Waals surface area (Å²) >= 11 is 0. The molecule has 1 amide bonds. The Labute approximate surface area is 134 Å². The molecule has 22 heavy (non-hydrogen) atoms. The molecule has 1 saturated heterocycles. The van der Waals surface area contributed by atoms with Crippen LogP contribution in [0.15, 0.2) is 30.3 Å². The fourth-order valence-corrected chi connectivity index (χ4v) is 3.42. The summed E-state index contributed by atoms with van der Waals surface area (Å²) < 4.78 is 0. The smallest absolute Gasteiger partial charge is 0.224 e. The van der Waals surface area contributed by atoms with Crippen LogP contribution in [0.4, 0.5) is 0 Å². The predicted molar refractivity (Wildman–Crippen MR) is 90.4 cm³/mol. The van der Waals surface area contributed by atoms with Crippen LogP contribution in [0.5, 0.6) is 0 Å². The van der Waals surface area contributed by atoms with E-state index in [1.165, 1.54) is 0 Å². The predicted octanol–water partition coefficient (Wildman–Crippen LogP) is 2.27. The molecule has 0 radical (unpaired) electrons. The van der Waals surface area contributed by atoms with E-state index < -0.39 is 0 Å². The van der Waals surface area contributed by atoms with E-state index in [0.29, 0.717) is 18.4 Å². The van der Waals surface area contributed by atoms with E-state index in [-0.39, 0.29) is 11.9 Å². The third-order valence-corrected chi connectivity index (χ3v) is 4.90. The van der Waals surface area contributed by atoms with Gasteiger partial charge in [-0.1, -0.05) is 44.2 Å². The molecular weight excluding hydrogens is 274 g/mol. The first-order valence-corrected chi connectivity index (χ1v) is 8.31. The molecule has 1 fully saturated rings. The lowest BCUT2D eigenvalue weighted by molar-refractivity contribution is -0.134. The van der Waals surface area contributed by atoms with Crippen molar-refractivity contribution in [3.63, 3.8) is 0 Å². The van der Waals surface area contributed by atoms with Crippen molar-refractivity contribution in [1.82, 2.24) is 9.80 Å². The molecule has 2 rings (SSSR count). The highest BCUT2D eigenvalue weighted by atomic mass is 16.2. The summed E-state index contributed by atoms with van der Waals surface area (Å²) in [5, 5.41) is 0. The van der Waals surface area contributed by atoms with Crippen molar-refractivity contribution in [2.45, 2.75) is 38.8 Å². The first-order valence-electron chi connectivity index (χ1n) is 8.31.